The molecule has 1 aromatic rings. The number of carbonyl (C=O) groups is 2. The molecule has 0 unspecified atom stereocenters. The van der Waals surface area contributed by atoms with Crippen LogP contribution in [0.1, 0.15) is 36.8 Å². The van der Waals surface area contributed by atoms with Crippen LogP contribution in [-0.2, 0) is 21.4 Å². The average Bonchev–Trinajstić information content (AvgIpc) is 2.53. The number of Topliss-reactive ketones (excluding diaryl/α,β-unsaturated/α-hetero) is 1. The van der Waals surface area contributed by atoms with Gasteiger partial charge in [0.1, 0.15) is 11.5 Å². The summed E-state index contributed by atoms with van der Waals surface area (Å²) in [6.07, 6.45) is 4.45. The van der Waals surface area contributed by atoms with Gasteiger partial charge in [0.25, 0.3) is 0 Å². The molecule has 122 valence electrons. The fraction of sp³-hybridized carbons (Fsp3) is 0.556. The smallest absolute Gasteiger partial charge is 0.211 e. The number of carbonyl (C=O) groups excluding carboxylic acids is 2. The number of ketones is 1. The molecule has 2 N–H and O–H groups in total. The van der Waals surface area contributed by atoms with E-state index in [2.05, 4.69) is 17.3 Å². The number of fused-ring (bicyclic) bond motifs is 1. The van der Waals surface area contributed by atoms with E-state index in [1.54, 1.807) is 6.07 Å². The van der Waals surface area contributed by atoms with E-state index < -0.39 is 0 Å². The number of likely N-dealkylation sites (tertiary alicyclic amines) is 1. The van der Waals surface area contributed by atoms with Gasteiger partial charge in [-0.05, 0) is 50.4 Å². The first kappa shape index (κ1) is 14.7. The highest BCUT2D eigenvalue weighted by atomic mass is 16.3. The summed E-state index contributed by atoms with van der Waals surface area (Å²) in [6, 6.07) is 4.21. The van der Waals surface area contributed by atoms with Crippen molar-refractivity contribution in [2.75, 3.05) is 18.9 Å². The third kappa shape index (κ3) is 1.96. The van der Waals surface area contributed by atoms with Crippen molar-refractivity contribution < 1.29 is 14.7 Å². The van der Waals surface area contributed by atoms with E-state index >= 15 is 0 Å². The third-order valence-corrected chi connectivity index (χ3v) is 6.30. The predicted molar refractivity (Wildman–Crippen MR) is 86.6 cm³/mol. The number of aromatic hydroxyl groups is 1. The van der Waals surface area contributed by atoms with E-state index in [1.807, 2.05) is 6.07 Å². The number of piperidine rings is 1. The van der Waals surface area contributed by atoms with Crippen LogP contribution in [0.3, 0.4) is 0 Å². The lowest BCUT2D eigenvalue weighted by Crippen LogP contribution is -2.60. The largest absolute Gasteiger partial charge is 0.505 e. The van der Waals surface area contributed by atoms with Gasteiger partial charge in [-0.15, -0.1) is 0 Å². The van der Waals surface area contributed by atoms with Gasteiger partial charge in [-0.2, -0.15) is 0 Å². The van der Waals surface area contributed by atoms with Crippen LogP contribution in [0.25, 0.3) is 0 Å². The minimum atomic E-state index is -0.259. The minimum absolute atomic E-state index is 0.164. The predicted octanol–water partition coefficient (Wildman–Crippen LogP) is 1.83. The summed E-state index contributed by atoms with van der Waals surface area (Å²) >= 11 is 0. The summed E-state index contributed by atoms with van der Waals surface area (Å²) in [7, 11) is 2.16. The second-order valence-corrected chi connectivity index (χ2v) is 7.28. The fourth-order valence-corrected chi connectivity index (χ4v) is 5.31. The maximum Gasteiger partial charge on any atom is 0.211 e. The van der Waals surface area contributed by atoms with Crippen molar-refractivity contribution in [3.8, 4) is 5.75 Å². The first-order chi connectivity index (χ1) is 11.1. The Morgan fingerprint density at radius 1 is 1.43 bits per heavy atom. The topological polar surface area (TPSA) is 69.6 Å². The molecule has 3 atom stereocenters. The number of benzene rings is 1. The number of anilines is 1. The first-order valence-electron chi connectivity index (χ1n) is 8.34. The number of amides is 1. The van der Waals surface area contributed by atoms with Crippen LogP contribution in [0, 0.1) is 5.92 Å². The lowest BCUT2D eigenvalue weighted by Gasteiger charge is -2.58. The van der Waals surface area contributed by atoms with Gasteiger partial charge in [0.05, 0.1) is 5.69 Å². The van der Waals surface area contributed by atoms with Crippen LogP contribution < -0.4 is 5.32 Å². The molecule has 5 heteroatoms. The second kappa shape index (κ2) is 5.06. The summed E-state index contributed by atoms with van der Waals surface area (Å²) in [5, 5.41) is 13.4. The van der Waals surface area contributed by atoms with Gasteiger partial charge in [-0.25, -0.2) is 0 Å². The zero-order valence-corrected chi connectivity index (χ0v) is 13.3. The fourth-order valence-electron chi connectivity index (χ4n) is 5.31. The molecule has 2 fully saturated rings. The Morgan fingerprint density at radius 3 is 3.04 bits per heavy atom. The van der Waals surface area contributed by atoms with Crippen LogP contribution in [0.4, 0.5) is 5.69 Å². The molecular formula is C18H22N2O3. The summed E-state index contributed by atoms with van der Waals surface area (Å²) < 4.78 is 0. The molecule has 0 radical (unpaired) electrons. The summed E-state index contributed by atoms with van der Waals surface area (Å²) in [5.74, 6) is 0.867. The molecule has 0 aromatic heterocycles. The van der Waals surface area contributed by atoms with E-state index in [0.29, 0.717) is 42.7 Å². The maximum atomic E-state index is 12.3. The molecule has 1 aliphatic heterocycles. The monoisotopic (exact) mass is 314 g/mol. The quantitative estimate of drug-likeness (QED) is 0.645. The number of nitrogens with one attached hydrogen (secondary N) is 1. The SMILES string of the molecule is CN1CC[C@]23CC(=O)CC[C@H]2[C@H]1Cc1ccc(NC=O)c(O)c13. The highest BCUT2D eigenvalue weighted by Crippen LogP contribution is 2.57. The number of likely N-dealkylation sites (N-methyl/N-ethyl adjacent to an activating group) is 1. The van der Waals surface area contributed by atoms with Crippen molar-refractivity contribution in [1.82, 2.24) is 4.90 Å². The lowest BCUT2D eigenvalue weighted by atomic mass is 9.52. The van der Waals surface area contributed by atoms with Gasteiger partial charge in [0.2, 0.25) is 6.41 Å². The van der Waals surface area contributed by atoms with Crippen molar-refractivity contribution >= 4 is 17.9 Å². The molecule has 1 aromatic carbocycles. The summed E-state index contributed by atoms with van der Waals surface area (Å²) in [6.45, 7) is 0.943. The van der Waals surface area contributed by atoms with Crippen LogP contribution in [0.5, 0.6) is 5.75 Å². The highest BCUT2D eigenvalue weighted by molar-refractivity contribution is 5.83. The molecule has 23 heavy (non-hydrogen) atoms. The Balaban J connectivity index is 1.93. The first-order valence-corrected chi connectivity index (χ1v) is 8.34. The van der Waals surface area contributed by atoms with Gasteiger partial charge in [0, 0.05) is 29.9 Å². The van der Waals surface area contributed by atoms with E-state index in [9.17, 15) is 14.7 Å². The van der Waals surface area contributed by atoms with Gasteiger partial charge >= 0.3 is 0 Å². The van der Waals surface area contributed by atoms with E-state index in [4.69, 9.17) is 0 Å². The van der Waals surface area contributed by atoms with Crippen LogP contribution in [0.15, 0.2) is 12.1 Å². The van der Waals surface area contributed by atoms with Crippen molar-refractivity contribution in [3.05, 3.63) is 23.3 Å². The molecule has 1 saturated carbocycles. The molecule has 5 nitrogen and oxygen atoms in total. The molecule has 0 spiro atoms. The minimum Gasteiger partial charge on any atom is -0.505 e. The number of hydrogen-bond donors (Lipinski definition) is 2. The highest BCUT2D eigenvalue weighted by Gasteiger charge is 2.56. The zero-order valence-electron chi connectivity index (χ0n) is 13.3. The molecule has 1 amide bonds. The normalized spacial score (nSPS) is 32.8. The number of nitrogens with zero attached hydrogens (tertiary/aromatic N) is 1. The van der Waals surface area contributed by atoms with E-state index in [-0.39, 0.29) is 11.2 Å². The van der Waals surface area contributed by atoms with Crippen molar-refractivity contribution in [3.63, 3.8) is 0 Å². The van der Waals surface area contributed by atoms with Gasteiger partial charge in [-0.3, -0.25) is 9.59 Å². The Labute approximate surface area is 135 Å². The van der Waals surface area contributed by atoms with Crippen LogP contribution >= 0.6 is 0 Å². The Morgan fingerprint density at radius 2 is 2.26 bits per heavy atom. The van der Waals surface area contributed by atoms with Gasteiger partial charge in [0.15, 0.2) is 0 Å². The molecule has 4 rings (SSSR count). The Bertz CT molecular complexity index is 687. The van der Waals surface area contributed by atoms with Crippen molar-refractivity contribution in [1.29, 1.82) is 0 Å². The Kier molecular flexibility index (Phi) is 3.23. The zero-order chi connectivity index (χ0) is 16.2. The molecule has 1 heterocycles. The van der Waals surface area contributed by atoms with Crippen molar-refractivity contribution in [2.45, 2.75) is 43.6 Å². The molecule has 2 bridgehead atoms. The van der Waals surface area contributed by atoms with Crippen LogP contribution in [-0.4, -0.2) is 41.8 Å². The molecular weight excluding hydrogens is 292 g/mol. The molecule has 2 aliphatic carbocycles. The van der Waals surface area contributed by atoms with Crippen molar-refractivity contribution in [2.24, 2.45) is 5.92 Å². The second-order valence-electron chi connectivity index (χ2n) is 7.28. The standard InChI is InChI=1S/C18H22N2O3/c1-20-7-6-18-9-12(22)3-4-13(18)15(20)8-11-2-5-14(19-10-21)17(23)16(11)18/h2,5,10,13,15,23H,3-4,6-9H2,1H3,(H,19,21)/t13-,15+,18-/m0/s1. The number of phenolic OH excluding ortho intramolecular Hbond substituents is 1. The van der Waals surface area contributed by atoms with E-state index in [1.165, 1.54) is 0 Å². The number of rotatable bonds is 2. The summed E-state index contributed by atoms with van der Waals surface area (Å²) in [4.78, 5) is 25.5. The van der Waals surface area contributed by atoms with Gasteiger partial charge in [-0.1, -0.05) is 6.07 Å². The lowest BCUT2D eigenvalue weighted by molar-refractivity contribution is -0.127. The van der Waals surface area contributed by atoms with E-state index in [0.717, 1.165) is 36.9 Å². The Hall–Kier alpha value is -1.88. The summed E-state index contributed by atoms with van der Waals surface area (Å²) in [5.41, 5.74) is 2.24. The molecule has 1 saturated heterocycles. The van der Waals surface area contributed by atoms with Crippen LogP contribution in [0.2, 0.25) is 0 Å². The molecule has 3 aliphatic rings. The number of phenols is 1. The van der Waals surface area contributed by atoms with Gasteiger partial charge < -0.3 is 15.3 Å². The average molecular weight is 314 g/mol. The number of hydrogen-bond acceptors (Lipinski definition) is 4. The maximum absolute atomic E-state index is 12.3. The third-order valence-electron chi connectivity index (χ3n) is 6.30.